The summed E-state index contributed by atoms with van der Waals surface area (Å²) in [5.41, 5.74) is 3.49. The first-order valence-electron chi connectivity index (χ1n) is 7.68. The van der Waals surface area contributed by atoms with Crippen LogP contribution in [0.15, 0.2) is 42.5 Å². The molecule has 1 aromatic heterocycles. The van der Waals surface area contributed by atoms with E-state index in [-0.39, 0.29) is 0 Å². The van der Waals surface area contributed by atoms with Crippen LogP contribution in [-0.4, -0.2) is 18.8 Å². The Labute approximate surface area is 135 Å². The van der Waals surface area contributed by atoms with Crippen LogP contribution in [0.2, 0.25) is 0 Å². The number of methoxy groups -OCH3 is 2. The molecule has 0 aliphatic rings. The SMILES string of the molecule is COc1c2ccccc2c(OC)c2c1c1cc(C)ccc1n2C. The van der Waals surface area contributed by atoms with Crippen molar-refractivity contribution in [3.8, 4) is 11.5 Å². The van der Waals surface area contributed by atoms with Gasteiger partial charge in [-0.2, -0.15) is 0 Å². The summed E-state index contributed by atoms with van der Waals surface area (Å²) < 4.78 is 13.8. The molecule has 0 atom stereocenters. The van der Waals surface area contributed by atoms with Crippen LogP contribution in [0.1, 0.15) is 5.56 Å². The van der Waals surface area contributed by atoms with Gasteiger partial charge in [0.1, 0.15) is 5.75 Å². The molecule has 116 valence electrons. The van der Waals surface area contributed by atoms with Gasteiger partial charge in [-0.05, 0) is 19.1 Å². The van der Waals surface area contributed by atoms with E-state index in [0.29, 0.717) is 0 Å². The van der Waals surface area contributed by atoms with Crippen molar-refractivity contribution in [1.29, 1.82) is 0 Å². The Morgan fingerprint density at radius 3 is 2.13 bits per heavy atom. The van der Waals surface area contributed by atoms with E-state index in [4.69, 9.17) is 9.47 Å². The molecule has 0 amide bonds. The van der Waals surface area contributed by atoms with Crippen LogP contribution in [0.5, 0.6) is 11.5 Å². The zero-order valence-corrected chi connectivity index (χ0v) is 13.8. The molecule has 4 rings (SSSR count). The molecule has 0 bridgehead atoms. The van der Waals surface area contributed by atoms with Crippen LogP contribution in [-0.2, 0) is 7.05 Å². The number of ether oxygens (including phenoxy) is 2. The van der Waals surface area contributed by atoms with Crippen molar-refractivity contribution in [2.24, 2.45) is 7.05 Å². The summed E-state index contributed by atoms with van der Waals surface area (Å²) in [5.74, 6) is 1.81. The van der Waals surface area contributed by atoms with Gasteiger partial charge in [-0.3, -0.25) is 0 Å². The van der Waals surface area contributed by atoms with Gasteiger partial charge in [0.15, 0.2) is 5.75 Å². The molecular formula is C20H19NO2. The summed E-state index contributed by atoms with van der Waals surface area (Å²) in [5, 5.41) is 4.46. The average molecular weight is 305 g/mol. The van der Waals surface area contributed by atoms with Crippen LogP contribution in [0.3, 0.4) is 0 Å². The van der Waals surface area contributed by atoms with Gasteiger partial charge >= 0.3 is 0 Å². The van der Waals surface area contributed by atoms with Gasteiger partial charge in [0.2, 0.25) is 0 Å². The van der Waals surface area contributed by atoms with E-state index in [1.54, 1.807) is 14.2 Å². The molecule has 0 saturated heterocycles. The van der Waals surface area contributed by atoms with Gasteiger partial charge in [-0.15, -0.1) is 0 Å². The van der Waals surface area contributed by atoms with E-state index in [0.717, 1.165) is 33.2 Å². The maximum absolute atomic E-state index is 5.83. The third kappa shape index (κ3) is 1.76. The molecule has 4 aromatic rings. The van der Waals surface area contributed by atoms with E-state index >= 15 is 0 Å². The summed E-state index contributed by atoms with van der Waals surface area (Å²) in [6, 6.07) is 14.8. The normalized spacial score (nSPS) is 11.5. The fourth-order valence-electron chi connectivity index (χ4n) is 3.61. The van der Waals surface area contributed by atoms with Crippen molar-refractivity contribution in [1.82, 2.24) is 4.57 Å². The monoisotopic (exact) mass is 305 g/mol. The Morgan fingerprint density at radius 1 is 0.826 bits per heavy atom. The van der Waals surface area contributed by atoms with Gasteiger partial charge in [0.05, 0.1) is 25.1 Å². The first kappa shape index (κ1) is 13.9. The highest BCUT2D eigenvalue weighted by molar-refractivity contribution is 6.20. The number of nitrogens with zero attached hydrogens (tertiary/aromatic N) is 1. The third-order valence-electron chi connectivity index (χ3n) is 4.62. The minimum Gasteiger partial charge on any atom is -0.495 e. The second-order valence-corrected chi connectivity index (χ2v) is 5.92. The first-order valence-corrected chi connectivity index (χ1v) is 7.68. The van der Waals surface area contributed by atoms with Gasteiger partial charge in [-0.25, -0.2) is 0 Å². The molecule has 1 heterocycles. The highest BCUT2D eigenvalue weighted by Gasteiger charge is 2.21. The van der Waals surface area contributed by atoms with Crippen molar-refractivity contribution < 1.29 is 9.47 Å². The highest BCUT2D eigenvalue weighted by atomic mass is 16.5. The lowest BCUT2D eigenvalue weighted by Gasteiger charge is -2.13. The molecule has 0 aliphatic heterocycles. The van der Waals surface area contributed by atoms with Crippen molar-refractivity contribution in [2.45, 2.75) is 6.92 Å². The topological polar surface area (TPSA) is 23.4 Å². The fourth-order valence-corrected chi connectivity index (χ4v) is 3.61. The zero-order valence-electron chi connectivity index (χ0n) is 13.8. The van der Waals surface area contributed by atoms with Crippen molar-refractivity contribution in [3.63, 3.8) is 0 Å². The summed E-state index contributed by atoms with van der Waals surface area (Å²) in [6.45, 7) is 2.11. The molecule has 3 aromatic carbocycles. The Morgan fingerprint density at radius 2 is 1.48 bits per heavy atom. The van der Waals surface area contributed by atoms with Crippen LogP contribution in [0.25, 0.3) is 32.6 Å². The van der Waals surface area contributed by atoms with Gasteiger partial charge < -0.3 is 14.0 Å². The predicted molar refractivity (Wildman–Crippen MR) is 95.8 cm³/mol. The smallest absolute Gasteiger partial charge is 0.151 e. The summed E-state index contributed by atoms with van der Waals surface area (Å²) in [7, 11) is 5.55. The minimum atomic E-state index is 0.896. The molecule has 0 spiro atoms. The second-order valence-electron chi connectivity index (χ2n) is 5.92. The largest absolute Gasteiger partial charge is 0.495 e. The lowest BCUT2D eigenvalue weighted by molar-refractivity contribution is 0.416. The summed E-state index contributed by atoms with van der Waals surface area (Å²) >= 11 is 0. The Kier molecular flexibility index (Phi) is 2.98. The number of benzene rings is 3. The quantitative estimate of drug-likeness (QED) is 0.530. The molecule has 0 aliphatic carbocycles. The number of aryl methyl sites for hydroxylation is 2. The summed E-state index contributed by atoms with van der Waals surface area (Å²) in [6.07, 6.45) is 0. The minimum absolute atomic E-state index is 0.896. The van der Waals surface area contributed by atoms with E-state index in [2.05, 4.69) is 48.9 Å². The lowest BCUT2D eigenvalue weighted by atomic mass is 10.0. The van der Waals surface area contributed by atoms with Gasteiger partial charge in [0, 0.05) is 28.7 Å². The number of fused-ring (bicyclic) bond motifs is 4. The van der Waals surface area contributed by atoms with Crippen molar-refractivity contribution >= 4 is 32.6 Å². The molecule has 3 heteroatoms. The zero-order chi connectivity index (χ0) is 16.1. The Bertz CT molecular complexity index is 1060. The van der Waals surface area contributed by atoms with E-state index in [9.17, 15) is 0 Å². The molecule has 0 unspecified atom stereocenters. The highest BCUT2D eigenvalue weighted by Crippen LogP contribution is 2.46. The summed E-state index contributed by atoms with van der Waals surface area (Å²) in [4.78, 5) is 0. The van der Waals surface area contributed by atoms with E-state index in [1.807, 2.05) is 12.1 Å². The number of hydrogen-bond donors (Lipinski definition) is 0. The lowest BCUT2D eigenvalue weighted by Crippen LogP contribution is -1.95. The number of aromatic nitrogens is 1. The number of hydrogen-bond acceptors (Lipinski definition) is 2. The predicted octanol–water partition coefficient (Wildman–Crippen LogP) is 4.81. The fraction of sp³-hybridized carbons (Fsp3) is 0.200. The maximum atomic E-state index is 5.83. The van der Waals surface area contributed by atoms with E-state index < -0.39 is 0 Å². The molecule has 0 saturated carbocycles. The van der Waals surface area contributed by atoms with Crippen LogP contribution < -0.4 is 9.47 Å². The molecule has 3 nitrogen and oxygen atoms in total. The number of rotatable bonds is 2. The van der Waals surface area contributed by atoms with Crippen molar-refractivity contribution in [3.05, 3.63) is 48.0 Å². The van der Waals surface area contributed by atoms with Crippen LogP contribution in [0.4, 0.5) is 0 Å². The molecular weight excluding hydrogens is 286 g/mol. The molecule has 23 heavy (non-hydrogen) atoms. The second kappa shape index (κ2) is 4.92. The van der Waals surface area contributed by atoms with Crippen molar-refractivity contribution in [2.75, 3.05) is 14.2 Å². The van der Waals surface area contributed by atoms with Crippen LogP contribution in [0, 0.1) is 6.92 Å². The van der Waals surface area contributed by atoms with Gasteiger partial charge in [0.25, 0.3) is 0 Å². The Balaban J connectivity index is 2.40. The molecule has 0 fully saturated rings. The average Bonchev–Trinajstić information content (AvgIpc) is 2.85. The van der Waals surface area contributed by atoms with Gasteiger partial charge in [-0.1, -0.05) is 35.9 Å². The standard InChI is InChI=1S/C20H19NO2/c1-12-9-10-16-15(11-12)17-18(21(16)2)20(23-4)14-8-6-5-7-13(14)19(17)22-3/h5-11H,1-4H3. The van der Waals surface area contributed by atoms with Crippen LogP contribution >= 0.6 is 0 Å². The first-order chi connectivity index (χ1) is 11.2. The van der Waals surface area contributed by atoms with E-state index in [1.165, 1.54) is 16.5 Å². The molecule has 0 radical (unpaired) electrons. The molecule has 0 N–H and O–H groups in total. The maximum Gasteiger partial charge on any atom is 0.151 e. The Hall–Kier alpha value is -2.68. The third-order valence-corrected chi connectivity index (χ3v) is 4.62.